The third-order valence-electron chi connectivity index (χ3n) is 10.1. The number of nitrogens with one attached hydrogen (secondary N) is 1. The summed E-state index contributed by atoms with van der Waals surface area (Å²) >= 11 is 6.16. The van der Waals surface area contributed by atoms with Gasteiger partial charge >= 0.3 is 6.03 Å². The molecule has 0 radical (unpaired) electrons. The molecule has 0 aromatic heterocycles. The molecule has 5 aliphatic rings. The van der Waals surface area contributed by atoms with E-state index in [-0.39, 0.29) is 24.0 Å². The van der Waals surface area contributed by atoms with Crippen molar-refractivity contribution in [2.45, 2.75) is 102 Å². The maximum absolute atomic E-state index is 14.1. The minimum absolute atomic E-state index is 0.200. The maximum atomic E-state index is 14.1. The van der Waals surface area contributed by atoms with E-state index in [0.29, 0.717) is 24.4 Å². The molecule has 40 heavy (non-hydrogen) atoms. The summed E-state index contributed by atoms with van der Waals surface area (Å²) in [5.74, 6) is 0.871. The van der Waals surface area contributed by atoms with Gasteiger partial charge in [0.25, 0.3) is 0 Å². The molecule has 4 saturated heterocycles. The Labute approximate surface area is 246 Å². The highest BCUT2D eigenvalue weighted by Gasteiger charge is 2.39. The van der Waals surface area contributed by atoms with Gasteiger partial charge < -0.3 is 24.9 Å². The van der Waals surface area contributed by atoms with Crippen LogP contribution in [0.1, 0.15) is 77.2 Å². The van der Waals surface area contributed by atoms with Crippen molar-refractivity contribution in [2.75, 3.05) is 45.8 Å². The Morgan fingerprint density at radius 1 is 0.900 bits per heavy atom. The second-order valence-corrected chi connectivity index (χ2v) is 12.9. The summed E-state index contributed by atoms with van der Waals surface area (Å²) in [6.45, 7) is 10.5. The number of urea groups is 1. The number of carbonyl (C=O) groups excluding carboxylic acids is 2. The Balaban J connectivity index is 1.27. The number of fused-ring (bicyclic) bond motifs is 3. The summed E-state index contributed by atoms with van der Waals surface area (Å²) in [5, 5.41) is 4.57. The second-order valence-electron chi connectivity index (χ2n) is 12.5. The van der Waals surface area contributed by atoms with Gasteiger partial charge in [-0.2, -0.15) is 0 Å². The number of likely N-dealkylation sites (tertiary alicyclic amines) is 1. The van der Waals surface area contributed by atoms with Gasteiger partial charge in [0.05, 0.1) is 6.04 Å². The van der Waals surface area contributed by atoms with Crippen LogP contribution in [0.15, 0.2) is 24.3 Å². The van der Waals surface area contributed by atoms with Gasteiger partial charge in [0.1, 0.15) is 0 Å². The Morgan fingerprint density at radius 2 is 1.52 bits per heavy atom. The summed E-state index contributed by atoms with van der Waals surface area (Å²) in [4.78, 5) is 36.6. The lowest BCUT2D eigenvalue weighted by Crippen LogP contribution is -2.62. The van der Waals surface area contributed by atoms with E-state index in [1.54, 1.807) is 0 Å². The topological polar surface area (TPSA) is 59.1 Å². The van der Waals surface area contributed by atoms with Crippen LogP contribution in [0.3, 0.4) is 0 Å². The van der Waals surface area contributed by atoms with Gasteiger partial charge in [0, 0.05) is 55.9 Å². The molecule has 1 unspecified atom stereocenters. The van der Waals surface area contributed by atoms with Crippen LogP contribution in [0.2, 0.25) is 5.02 Å². The Morgan fingerprint density at radius 3 is 2.10 bits per heavy atom. The lowest BCUT2D eigenvalue weighted by Gasteiger charge is -2.47. The van der Waals surface area contributed by atoms with Crippen LogP contribution >= 0.6 is 11.6 Å². The lowest BCUT2D eigenvalue weighted by molar-refractivity contribution is -0.135. The molecule has 1 aliphatic carbocycles. The molecule has 1 aromatic rings. The van der Waals surface area contributed by atoms with E-state index in [1.165, 1.54) is 45.2 Å². The summed E-state index contributed by atoms with van der Waals surface area (Å²) < 4.78 is 0. The standard InChI is InChI=1S/C32H50ClN5O2/c1-3-36(4-2)32(40)38(27-8-6-5-7-9-27)28-16-20-37(21-17-28)31(39)29(22-24-10-12-26(33)13-11-24)34-30-23-35-18-14-25(30)15-19-35/h10-13,25,27-30,34H,3-9,14-23H2,1-2H3/t29-,30?/m0/s1. The molecule has 2 atom stereocenters. The van der Waals surface area contributed by atoms with Gasteiger partial charge in [-0.05, 0) is 95.5 Å². The van der Waals surface area contributed by atoms with Crippen molar-refractivity contribution in [1.82, 2.24) is 24.9 Å². The quantitative estimate of drug-likeness (QED) is 0.452. The van der Waals surface area contributed by atoms with E-state index < -0.39 is 0 Å². The molecule has 8 heteroatoms. The van der Waals surface area contributed by atoms with E-state index >= 15 is 0 Å². The number of rotatable bonds is 9. The van der Waals surface area contributed by atoms with Gasteiger partial charge in [0.2, 0.25) is 5.91 Å². The Kier molecular flexibility index (Phi) is 10.3. The zero-order valence-electron chi connectivity index (χ0n) is 24.7. The fourth-order valence-electron chi connectivity index (χ4n) is 7.70. The molecule has 7 nitrogen and oxygen atoms in total. The smallest absolute Gasteiger partial charge is 0.320 e. The predicted molar refractivity (Wildman–Crippen MR) is 162 cm³/mol. The summed E-state index contributed by atoms with van der Waals surface area (Å²) in [6, 6.07) is 8.82. The first-order chi connectivity index (χ1) is 19.5. The molecule has 2 bridgehead atoms. The van der Waals surface area contributed by atoms with E-state index in [4.69, 9.17) is 11.6 Å². The zero-order chi connectivity index (χ0) is 28.1. The Bertz CT molecular complexity index is 964. The van der Waals surface area contributed by atoms with Gasteiger partial charge in [-0.1, -0.05) is 43.0 Å². The summed E-state index contributed by atoms with van der Waals surface area (Å²) in [6.07, 6.45) is 10.8. The highest BCUT2D eigenvalue weighted by Crippen LogP contribution is 2.31. The first-order valence-corrected chi connectivity index (χ1v) is 16.4. The van der Waals surface area contributed by atoms with Crippen molar-refractivity contribution in [3.63, 3.8) is 0 Å². The third kappa shape index (κ3) is 6.96. The van der Waals surface area contributed by atoms with Crippen LogP contribution in [0.5, 0.6) is 0 Å². The molecule has 0 spiro atoms. The molecular formula is C32H50ClN5O2. The predicted octanol–water partition coefficient (Wildman–Crippen LogP) is 5.02. The SMILES string of the molecule is CCN(CC)C(=O)N(C1CCCCC1)C1CCN(C(=O)[C@H](Cc2ccc(Cl)cc2)NC2CN3CCC2CC3)CC1. The number of carbonyl (C=O) groups is 2. The fraction of sp³-hybridized carbons (Fsp3) is 0.750. The van der Waals surface area contributed by atoms with Gasteiger partial charge in [-0.3, -0.25) is 4.79 Å². The monoisotopic (exact) mass is 571 g/mol. The largest absolute Gasteiger partial charge is 0.341 e. The van der Waals surface area contributed by atoms with E-state index in [2.05, 4.69) is 33.9 Å². The third-order valence-corrected chi connectivity index (χ3v) is 10.4. The van der Waals surface area contributed by atoms with E-state index in [0.717, 1.165) is 69.0 Å². The molecule has 4 heterocycles. The number of piperidine rings is 4. The average Bonchev–Trinajstić information content (AvgIpc) is 3.00. The molecule has 5 fully saturated rings. The zero-order valence-corrected chi connectivity index (χ0v) is 25.5. The van der Waals surface area contributed by atoms with Crippen LogP contribution in [0.4, 0.5) is 4.79 Å². The number of benzene rings is 1. The maximum Gasteiger partial charge on any atom is 0.320 e. The Hall–Kier alpha value is -1.83. The van der Waals surface area contributed by atoms with Crippen molar-refractivity contribution < 1.29 is 9.59 Å². The molecule has 4 aliphatic heterocycles. The number of amides is 3. The van der Waals surface area contributed by atoms with Crippen LogP contribution in [-0.4, -0.2) is 102 Å². The van der Waals surface area contributed by atoms with Crippen LogP contribution in [-0.2, 0) is 11.2 Å². The van der Waals surface area contributed by atoms with Crippen molar-refractivity contribution in [2.24, 2.45) is 5.92 Å². The van der Waals surface area contributed by atoms with Gasteiger partial charge in [-0.15, -0.1) is 0 Å². The minimum atomic E-state index is -0.241. The van der Waals surface area contributed by atoms with E-state index in [9.17, 15) is 9.59 Å². The molecular weight excluding hydrogens is 522 g/mol. The minimum Gasteiger partial charge on any atom is -0.341 e. The number of nitrogens with zero attached hydrogens (tertiary/aromatic N) is 4. The molecule has 1 aromatic carbocycles. The second kappa shape index (κ2) is 13.9. The van der Waals surface area contributed by atoms with Crippen molar-refractivity contribution in [1.29, 1.82) is 0 Å². The van der Waals surface area contributed by atoms with Gasteiger partial charge in [-0.25, -0.2) is 4.79 Å². The summed E-state index contributed by atoms with van der Waals surface area (Å²) in [5.41, 5.74) is 1.14. The number of hydrogen-bond donors (Lipinski definition) is 1. The summed E-state index contributed by atoms with van der Waals surface area (Å²) in [7, 11) is 0. The molecule has 6 rings (SSSR count). The van der Waals surface area contributed by atoms with Crippen LogP contribution < -0.4 is 5.32 Å². The van der Waals surface area contributed by atoms with Crippen molar-refractivity contribution in [3.8, 4) is 0 Å². The first kappa shape index (κ1) is 29.7. The van der Waals surface area contributed by atoms with Crippen LogP contribution in [0.25, 0.3) is 0 Å². The van der Waals surface area contributed by atoms with E-state index in [1.807, 2.05) is 29.2 Å². The average molecular weight is 572 g/mol. The number of halogens is 1. The van der Waals surface area contributed by atoms with Crippen LogP contribution in [0, 0.1) is 5.92 Å². The number of hydrogen-bond acceptors (Lipinski definition) is 4. The highest BCUT2D eigenvalue weighted by atomic mass is 35.5. The molecule has 1 N–H and O–H groups in total. The lowest BCUT2D eigenvalue weighted by atomic mass is 9.83. The highest BCUT2D eigenvalue weighted by molar-refractivity contribution is 6.30. The first-order valence-electron chi connectivity index (χ1n) is 16.1. The molecule has 222 valence electrons. The fourth-order valence-corrected chi connectivity index (χ4v) is 7.82. The van der Waals surface area contributed by atoms with Crippen molar-refractivity contribution in [3.05, 3.63) is 34.9 Å². The molecule has 1 saturated carbocycles. The van der Waals surface area contributed by atoms with Crippen molar-refractivity contribution >= 4 is 23.5 Å². The van der Waals surface area contributed by atoms with Gasteiger partial charge in [0.15, 0.2) is 0 Å². The normalized spacial score (nSPS) is 26.5. The molecule has 3 amide bonds.